The van der Waals surface area contributed by atoms with Crippen LogP contribution in [0.15, 0.2) is 10.9 Å². The molecule has 66 valence electrons. The Morgan fingerprint density at radius 2 is 2.50 bits per heavy atom. The Hall–Kier alpha value is -0.410. The second-order valence-corrected chi connectivity index (χ2v) is 4.06. The van der Waals surface area contributed by atoms with Gasteiger partial charge >= 0.3 is 0 Å². The van der Waals surface area contributed by atoms with E-state index in [9.17, 15) is 0 Å². The molecule has 1 aromatic heterocycles. The monoisotopic (exact) mass is 182 g/mol. The molecule has 2 nitrogen and oxygen atoms in total. The van der Waals surface area contributed by atoms with Crippen molar-refractivity contribution in [2.24, 2.45) is 0 Å². The molecule has 3 heteroatoms. The molecule has 12 heavy (non-hydrogen) atoms. The molecule has 0 radical (unpaired) electrons. The highest BCUT2D eigenvalue weighted by Gasteiger charge is 2.28. The molecule has 2 atom stereocenters. The first-order valence-corrected chi connectivity index (χ1v) is 5.41. The fourth-order valence-corrected chi connectivity index (χ4v) is 2.68. The summed E-state index contributed by atoms with van der Waals surface area (Å²) >= 11 is 1.70. The Kier molecular flexibility index (Phi) is 2.42. The maximum Gasteiger partial charge on any atom is 0.0794 e. The molecule has 0 amide bonds. The predicted octanol–water partition coefficient (Wildman–Crippen LogP) is 2.00. The zero-order valence-electron chi connectivity index (χ0n) is 7.29. The van der Waals surface area contributed by atoms with Gasteiger partial charge in [0.25, 0.3) is 0 Å². The lowest BCUT2D eigenvalue weighted by Crippen LogP contribution is -2.27. The molecule has 1 aromatic rings. The molecule has 1 aliphatic rings. The molecule has 0 spiro atoms. The van der Waals surface area contributed by atoms with E-state index < -0.39 is 0 Å². The van der Waals surface area contributed by atoms with E-state index in [0.29, 0.717) is 12.0 Å². The summed E-state index contributed by atoms with van der Waals surface area (Å²) in [5.41, 5.74) is 3.22. The second kappa shape index (κ2) is 3.54. The number of likely N-dealkylation sites (N-methyl/N-ethyl adjacent to an activating group) is 1. The molecule has 1 heterocycles. The Balaban J connectivity index is 2.13. The van der Waals surface area contributed by atoms with Crippen LogP contribution in [0.1, 0.15) is 30.9 Å². The van der Waals surface area contributed by atoms with E-state index in [1.54, 1.807) is 11.3 Å². The molecular formula is C9H14N2S. The van der Waals surface area contributed by atoms with E-state index in [2.05, 4.69) is 22.7 Å². The highest BCUT2D eigenvalue weighted by atomic mass is 32.1. The number of thiazole rings is 1. The lowest BCUT2D eigenvalue weighted by molar-refractivity contribution is 0.515. The molecule has 2 unspecified atom stereocenters. The van der Waals surface area contributed by atoms with Crippen molar-refractivity contribution in [1.29, 1.82) is 0 Å². The van der Waals surface area contributed by atoms with Gasteiger partial charge in [0.1, 0.15) is 0 Å². The van der Waals surface area contributed by atoms with E-state index in [1.807, 2.05) is 5.51 Å². The summed E-state index contributed by atoms with van der Waals surface area (Å²) in [6.45, 7) is 0. The van der Waals surface area contributed by atoms with E-state index in [-0.39, 0.29) is 0 Å². The van der Waals surface area contributed by atoms with Crippen LogP contribution in [0.3, 0.4) is 0 Å². The van der Waals surface area contributed by atoms with Crippen molar-refractivity contribution in [3.63, 3.8) is 0 Å². The van der Waals surface area contributed by atoms with Crippen LogP contribution in [0.25, 0.3) is 0 Å². The SMILES string of the molecule is CNC1CCCC1c1cscn1. The van der Waals surface area contributed by atoms with Gasteiger partial charge in [-0.1, -0.05) is 6.42 Å². The minimum atomic E-state index is 0.659. The summed E-state index contributed by atoms with van der Waals surface area (Å²) in [7, 11) is 2.05. The van der Waals surface area contributed by atoms with E-state index in [0.717, 1.165) is 0 Å². The zero-order valence-corrected chi connectivity index (χ0v) is 8.10. The smallest absolute Gasteiger partial charge is 0.0794 e. The van der Waals surface area contributed by atoms with Gasteiger partial charge < -0.3 is 5.32 Å². The summed E-state index contributed by atoms with van der Waals surface area (Å²) in [5, 5.41) is 5.55. The zero-order chi connectivity index (χ0) is 8.39. The maximum atomic E-state index is 4.37. The molecule has 1 fully saturated rings. The van der Waals surface area contributed by atoms with Crippen molar-refractivity contribution in [3.05, 3.63) is 16.6 Å². The Bertz CT molecular complexity index is 233. The highest BCUT2D eigenvalue weighted by Crippen LogP contribution is 2.33. The standard InChI is InChI=1S/C9H14N2S/c1-10-8-4-2-3-7(8)9-5-12-6-11-9/h5-8,10H,2-4H2,1H3. The van der Waals surface area contributed by atoms with Gasteiger partial charge in [0.05, 0.1) is 11.2 Å². The summed E-state index contributed by atoms with van der Waals surface area (Å²) < 4.78 is 0. The molecular weight excluding hydrogens is 168 g/mol. The number of nitrogens with one attached hydrogen (secondary N) is 1. The number of nitrogens with zero attached hydrogens (tertiary/aromatic N) is 1. The van der Waals surface area contributed by atoms with Crippen molar-refractivity contribution in [3.8, 4) is 0 Å². The normalized spacial score (nSPS) is 29.4. The second-order valence-electron chi connectivity index (χ2n) is 3.35. The van der Waals surface area contributed by atoms with Gasteiger partial charge in [-0.25, -0.2) is 4.98 Å². The topological polar surface area (TPSA) is 24.9 Å². The molecule has 1 saturated carbocycles. The van der Waals surface area contributed by atoms with Crippen LogP contribution in [-0.2, 0) is 0 Å². The Morgan fingerprint density at radius 3 is 3.17 bits per heavy atom. The lowest BCUT2D eigenvalue weighted by Gasteiger charge is -2.16. The van der Waals surface area contributed by atoms with Crippen LogP contribution in [-0.4, -0.2) is 18.1 Å². The summed E-state index contributed by atoms with van der Waals surface area (Å²) in [4.78, 5) is 4.37. The Labute approximate surface area is 77.0 Å². The Morgan fingerprint density at radius 1 is 1.58 bits per heavy atom. The van der Waals surface area contributed by atoms with Crippen molar-refractivity contribution in [2.45, 2.75) is 31.2 Å². The fourth-order valence-electron chi connectivity index (χ4n) is 2.06. The van der Waals surface area contributed by atoms with E-state index in [1.165, 1.54) is 25.0 Å². The third-order valence-corrected chi connectivity index (χ3v) is 3.32. The first-order valence-electron chi connectivity index (χ1n) is 4.47. The molecule has 0 aromatic carbocycles. The predicted molar refractivity (Wildman–Crippen MR) is 51.6 cm³/mol. The van der Waals surface area contributed by atoms with E-state index in [4.69, 9.17) is 0 Å². The number of rotatable bonds is 2. The summed E-state index contributed by atoms with van der Waals surface area (Å²) in [6.07, 6.45) is 3.95. The van der Waals surface area contributed by atoms with Gasteiger partial charge in [0.15, 0.2) is 0 Å². The maximum absolute atomic E-state index is 4.37. The molecule has 0 saturated heterocycles. The minimum Gasteiger partial charge on any atom is -0.316 e. The van der Waals surface area contributed by atoms with Crippen molar-refractivity contribution >= 4 is 11.3 Å². The van der Waals surface area contributed by atoms with Crippen LogP contribution >= 0.6 is 11.3 Å². The average Bonchev–Trinajstić information content (AvgIpc) is 2.74. The van der Waals surface area contributed by atoms with Crippen molar-refractivity contribution in [2.75, 3.05) is 7.05 Å². The summed E-state index contributed by atoms with van der Waals surface area (Å²) in [5.74, 6) is 0.668. The molecule has 0 aliphatic heterocycles. The largest absolute Gasteiger partial charge is 0.316 e. The van der Waals surface area contributed by atoms with Crippen LogP contribution < -0.4 is 5.32 Å². The molecule has 0 bridgehead atoms. The number of hydrogen-bond donors (Lipinski definition) is 1. The average molecular weight is 182 g/mol. The summed E-state index contributed by atoms with van der Waals surface area (Å²) in [6, 6.07) is 0.659. The van der Waals surface area contributed by atoms with Gasteiger partial charge in [-0.15, -0.1) is 11.3 Å². The number of hydrogen-bond acceptors (Lipinski definition) is 3. The number of aromatic nitrogens is 1. The van der Waals surface area contributed by atoms with E-state index >= 15 is 0 Å². The van der Waals surface area contributed by atoms with Gasteiger partial charge in [-0.05, 0) is 19.9 Å². The van der Waals surface area contributed by atoms with Gasteiger partial charge in [-0.3, -0.25) is 0 Å². The van der Waals surface area contributed by atoms with Gasteiger partial charge in [0.2, 0.25) is 0 Å². The third kappa shape index (κ3) is 1.39. The quantitative estimate of drug-likeness (QED) is 0.756. The molecule has 1 aliphatic carbocycles. The molecule has 1 N–H and O–H groups in total. The van der Waals surface area contributed by atoms with Crippen molar-refractivity contribution < 1.29 is 0 Å². The lowest BCUT2D eigenvalue weighted by atomic mass is 10.0. The van der Waals surface area contributed by atoms with Crippen LogP contribution in [0, 0.1) is 0 Å². The van der Waals surface area contributed by atoms with Crippen LogP contribution in [0.5, 0.6) is 0 Å². The van der Waals surface area contributed by atoms with Crippen molar-refractivity contribution in [1.82, 2.24) is 10.3 Å². The third-order valence-electron chi connectivity index (χ3n) is 2.72. The highest BCUT2D eigenvalue weighted by molar-refractivity contribution is 7.07. The minimum absolute atomic E-state index is 0.659. The molecule has 2 rings (SSSR count). The van der Waals surface area contributed by atoms with Crippen LogP contribution in [0.4, 0.5) is 0 Å². The first kappa shape index (κ1) is 8.20. The van der Waals surface area contributed by atoms with Gasteiger partial charge in [-0.2, -0.15) is 0 Å². The first-order chi connectivity index (χ1) is 5.92. The van der Waals surface area contributed by atoms with Crippen LogP contribution in [0.2, 0.25) is 0 Å². The fraction of sp³-hybridized carbons (Fsp3) is 0.667. The van der Waals surface area contributed by atoms with Gasteiger partial charge in [0, 0.05) is 17.3 Å².